The van der Waals surface area contributed by atoms with Crippen molar-refractivity contribution >= 4 is 5.91 Å². The molecule has 3 heteroatoms. The van der Waals surface area contributed by atoms with Crippen LogP contribution in [0.15, 0.2) is 12.7 Å². The Kier molecular flexibility index (Phi) is 2.35. The summed E-state index contributed by atoms with van der Waals surface area (Å²) in [5.41, 5.74) is 0.392. The van der Waals surface area contributed by atoms with Crippen molar-refractivity contribution in [1.82, 2.24) is 10.2 Å². The van der Waals surface area contributed by atoms with Gasteiger partial charge in [-0.2, -0.15) is 0 Å². The molecule has 1 atom stereocenters. The van der Waals surface area contributed by atoms with Gasteiger partial charge in [0.25, 0.3) is 0 Å². The summed E-state index contributed by atoms with van der Waals surface area (Å²) in [6.45, 7) is 8.24. The first-order chi connectivity index (χ1) is 6.67. The molecule has 1 unspecified atom stereocenters. The van der Waals surface area contributed by atoms with Gasteiger partial charge in [-0.15, -0.1) is 6.58 Å². The summed E-state index contributed by atoms with van der Waals surface area (Å²) in [6, 6.07) is -0.0325. The molecule has 1 spiro atoms. The lowest BCUT2D eigenvalue weighted by Gasteiger charge is -2.23. The van der Waals surface area contributed by atoms with Gasteiger partial charge in [0.2, 0.25) is 5.91 Å². The molecule has 0 aromatic heterocycles. The van der Waals surface area contributed by atoms with E-state index in [9.17, 15) is 4.79 Å². The third-order valence-corrected chi connectivity index (χ3v) is 3.30. The van der Waals surface area contributed by atoms with Crippen molar-refractivity contribution < 1.29 is 4.79 Å². The molecule has 1 aliphatic carbocycles. The highest BCUT2D eigenvalue weighted by atomic mass is 16.2. The normalized spacial score (nSPS) is 30.2. The molecule has 14 heavy (non-hydrogen) atoms. The number of nitrogens with zero attached hydrogens (tertiary/aromatic N) is 1. The third kappa shape index (κ3) is 1.69. The fourth-order valence-corrected chi connectivity index (χ4v) is 2.09. The average Bonchev–Trinajstić information content (AvgIpc) is 2.93. The number of carbonyl (C=O) groups excluding carboxylic acids is 1. The van der Waals surface area contributed by atoms with E-state index in [2.05, 4.69) is 11.9 Å². The zero-order chi connectivity index (χ0) is 10.2. The molecule has 1 heterocycles. The van der Waals surface area contributed by atoms with Crippen molar-refractivity contribution in [2.45, 2.75) is 25.8 Å². The smallest absolute Gasteiger partial charge is 0.239 e. The zero-order valence-electron chi connectivity index (χ0n) is 8.75. The van der Waals surface area contributed by atoms with Gasteiger partial charge in [-0.1, -0.05) is 6.08 Å². The van der Waals surface area contributed by atoms with Crippen LogP contribution in [-0.2, 0) is 4.79 Å². The highest BCUT2D eigenvalue weighted by Gasteiger charge is 2.46. The molecular formula is C11H18N2O. The summed E-state index contributed by atoms with van der Waals surface area (Å²) in [4.78, 5) is 13.8. The Morgan fingerprint density at radius 2 is 2.43 bits per heavy atom. The highest BCUT2D eigenvalue weighted by molar-refractivity contribution is 5.82. The Hall–Kier alpha value is -0.830. The standard InChI is InChI=1S/C11H18N2O/c1-3-6-13-8-11(4-5-11)7-12-9(2)10(13)14/h3,9,12H,1,4-8H2,2H3. The predicted octanol–water partition coefficient (Wildman–Crippen LogP) is 0.773. The van der Waals surface area contributed by atoms with E-state index in [0.717, 1.165) is 13.1 Å². The number of amides is 1. The van der Waals surface area contributed by atoms with Crippen LogP contribution in [0.1, 0.15) is 19.8 Å². The van der Waals surface area contributed by atoms with Gasteiger partial charge in [-0.3, -0.25) is 4.79 Å². The van der Waals surface area contributed by atoms with E-state index in [-0.39, 0.29) is 11.9 Å². The summed E-state index contributed by atoms with van der Waals surface area (Å²) < 4.78 is 0. The largest absolute Gasteiger partial charge is 0.337 e. The molecule has 3 nitrogen and oxygen atoms in total. The minimum absolute atomic E-state index is 0.0325. The van der Waals surface area contributed by atoms with Crippen LogP contribution in [0.25, 0.3) is 0 Å². The van der Waals surface area contributed by atoms with Crippen molar-refractivity contribution in [3.63, 3.8) is 0 Å². The van der Waals surface area contributed by atoms with Crippen molar-refractivity contribution in [1.29, 1.82) is 0 Å². The summed E-state index contributed by atoms with van der Waals surface area (Å²) >= 11 is 0. The summed E-state index contributed by atoms with van der Waals surface area (Å²) in [6.07, 6.45) is 4.33. The van der Waals surface area contributed by atoms with E-state index >= 15 is 0 Å². The Morgan fingerprint density at radius 1 is 1.71 bits per heavy atom. The van der Waals surface area contributed by atoms with Crippen molar-refractivity contribution in [3.8, 4) is 0 Å². The maximum atomic E-state index is 11.9. The van der Waals surface area contributed by atoms with Gasteiger partial charge in [-0.25, -0.2) is 0 Å². The molecule has 1 amide bonds. The topological polar surface area (TPSA) is 32.3 Å². The Bertz CT molecular complexity index is 258. The first kappa shape index (κ1) is 9.71. The van der Waals surface area contributed by atoms with Gasteiger partial charge in [0, 0.05) is 25.0 Å². The molecule has 0 aromatic rings. The van der Waals surface area contributed by atoms with Crippen molar-refractivity contribution in [2.75, 3.05) is 19.6 Å². The van der Waals surface area contributed by atoms with E-state index in [4.69, 9.17) is 0 Å². The maximum absolute atomic E-state index is 11.9. The number of rotatable bonds is 2. The van der Waals surface area contributed by atoms with Crippen LogP contribution in [0.5, 0.6) is 0 Å². The van der Waals surface area contributed by atoms with Crippen LogP contribution >= 0.6 is 0 Å². The van der Waals surface area contributed by atoms with Crippen LogP contribution in [0.4, 0.5) is 0 Å². The van der Waals surface area contributed by atoms with Gasteiger partial charge < -0.3 is 10.2 Å². The molecule has 78 valence electrons. The Balaban J connectivity index is 2.10. The summed E-state index contributed by atoms with van der Waals surface area (Å²) in [5, 5.41) is 3.31. The van der Waals surface area contributed by atoms with Crippen LogP contribution in [-0.4, -0.2) is 36.5 Å². The predicted molar refractivity (Wildman–Crippen MR) is 55.9 cm³/mol. The molecule has 2 fully saturated rings. The van der Waals surface area contributed by atoms with Crippen LogP contribution in [0.3, 0.4) is 0 Å². The third-order valence-electron chi connectivity index (χ3n) is 3.30. The fourth-order valence-electron chi connectivity index (χ4n) is 2.09. The molecule has 1 aliphatic heterocycles. The molecule has 2 rings (SSSR count). The Morgan fingerprint density at radius 3 is 3.00 bits per heavy atom. The highest BCUT2D eigenvalue weighted by Crippen LogP contribution is 2.46. The van der Waals surface area contributed by atoms with E-state index in [1.54, 1.807) is 0 Å². The van der Waals surface area contributed by atoms with Gasteiger partial charge >= 0.3 is 0 Å². The lowest BCUT2D eigenvalue weighted by molar-refractivity contribution is -0.132. The molecule has 1 N–H and O–H groups in total. The fraction of sp³-hybridized carbons (Fsp3) is 0.727. The van der Waals surface area contributed by atoms with Gasteiger partial charge in [0.1, 0.15) is 0 Å². The number of nitrogens with one attached hydrogen (secondary N) is 1. The minimum atomic E-state index is -0.0325. The summed E-state index contributed by atoms with van der Waals surface area (Å²) in [7, 11) is 0. The second kappa shape index (κ2) is 3.39. The number of hydrogen-bond acceptors (Lipinski definition) is 2. The van der Waals surface area contributed by atoms with E-state index in [1.807, 2.05) is 17.9 Å². The molecule has 0 aromatic carbocycles. The van der Waals surface area contributed by atoms with E-state index < -0.39 is 0 Å². The van der Waals surface area contributed by atoms with Crippen LogP contribution < -0.4 is 5.32 Å². The van der Waals surface area contributed by atoms with Gasteiger partial charge in [0.05, 0.1) is 6.04 Å². The second-order valence-corrected chi connectivity index (χ2v) is 4.61. The maximum Gasteiger partial charge on any atom is 0.239 e. The number of hydrogen-bond donors (Lipinski definition) is 1. The Labute approximate surface area is 85.2 Å². The van der Waals surface area contributed by atoms with Gasteiger partial charge in [0.15, 0.2) is 0 Å². The molecular weight excluding hydrogens is 176 g/mol. The zero-order valence-corrected chi connectivity index (χ0v) is 8.75. The molecule has 1 saturated carbocycles. The molecule has 1 saturated heterocycles. The monoisotopic (exact) mass is 194 g/mol. The van der Waals surface area contributed by atoms with Crippen molar-refractivity contribution in [2.24, 2.45) is 5.41 Å². The summed E-state index contributed by atoms with van der Waals surface area (Å²) in [5.74, 6) is 0.216. The average molecular weight is 194 g/mol. The van der Waals surface area contributed by atoms with E-state index in [1.165, 1.54) is 12.8 Å². The van der Waals surface area contributed by atoms with Crippen LogP contribution in [0, 0.1) is 5.41 Å². The lowest BCUT2D eigenvalue weighted by atomic mass is 10.1. The first-order valence-corrected chi connectivity index (χ1v) is 5.30. The lowest BCUT2D eigenvalue weighted by Crippen LogP contribution is -2.41. The number of carbonyl (C=O) groups is 1. The van der Waals surface area contributed by atoms with Crippen LogP contribution in [0.2, 0.25) is 0 Å². The molecule has 2 aliphatic rings. The van der Waals surface area contributed by atoms with Gasteiger partial charge in [-0.05, 0) is 19.8 Å². The molecule has 0 radical (unpaired) electrons. The minimum Gasteiger partial charge on any atom is -0.337 e. The van der Waals surface area contributed by atoms with E-state index in [0.29, 0.717) is 12.0 Å². The molecule has 0 bridgehead atoms. The SMILES string of the molecule is C=CCN1CC2(CC2)CNC(C)C1=O. The second-order valence-electron chi connectivity index (χ2n) is 4.61. The van der Waals surface area contributed by atoms with Crippen molar-refractivity contribution in [3.05, 3.63) is 12.7 Å². The quantitative estimate of drug-likeness (QED) is 0.659. The first-order valence-electron chi connectivity index (χ1n) is 5.30.